The molecular formula is C17H29NO4Si. The Balaban J connectivity index is 2.35. The summed E-state index contributed by atoms with van der Waals surface area (Å²) in [6.07, 6.45) is -0.290. The molecule has 0 radical (unpaired) electrons. The van der Waals surface area contributed by atoms with Crippen LogP contribution in [0.3, 0.4) is 0 Å². The Kier molecular flexibility index (Phi) is 4.99. The van der Waals surface area contributed by atoms with Gasteiger partial charge in [0.1, 0.15) is 11.5 Å². The van der Waals surface area contributed by atoms with Crippen LogP contribution >= 0.6 is 0 Å². The van der Waals surface area contributed by atoms with E-state index in [9.17, 15) is 0 Å². The quantitative estimate of drug-likeness (QED) is 0.662. The number of rotatable bonds is 4. The van der Waals surface area contributed by atoms with E-state index in [1.807, 2.05) is 13.0 Å². The predicted octanol–water partition coefficient (Wildman–Crippen LogP) is 4.05. The van der Waals surface area contributed by atoms with Crippen molar-refractivity contribution in [3.8, 4) is 11.5 Å². The van der Waals surface area contributed by atoms with Crippen molar-refractivity contribution in [2.24, 2.45) is 0 Å². The molecule has 130 valence electrons. The number of fused-ring (bicyclic) bond motifs is 1. The molecule has 1 aromatic carbocycles. The van der Waals surface area contributed by atoms with Crippen molar-refractivity contribution >= 4 is 14.0 Å². The molecule has 1 heterocycles. The third-order valence-corrected chi connectivity index (χ3v) is 9.30. The Bertz CT molecular complexity index is 581. The van der Waals surface area contributed by atoms with Gasteiger partial charge in [0.15, 0.2) is 14.6 Å². The maximum absolute atomic E-state index is 6.34. The van der Waals surface area contributed by atoms with E-state index in [0.29, 0.717) is 24.7 Å². The Morgan fingerprint density at radius 2 is 2.00 bits per heavy atom. The van der Waals surface area contributed by atoms with Gasteiger partial charge in [0.25, 0.3) is 0 Å². The first-order valence-electron chi connectivity index (χ1n) is 7.97. The first-order valence-corrected chi connectivity index (χ1v) is 10.9. The lowest BCUT2D eigenvalue weighted by atomic mass is 10.1. The highest BCUT2D eigenvalue weighted by atomic mass is 28.4. The lowest BCUT2D eigenvalue weighted by molar-refractivity contribution is -0.0950. The van der Waals surface area contributed by atoms with Gasteiger partial charge in [-0.1, -0.05) is 20.8 Å². The van der Waals surface area contributed by atoms with Gasteiger partial charge < -0.3 is 24.4 Å². The number of ether oxygens (including phenoxy) is 3. The zero-order valence-corrected chi connectivity index (χ0v) is 16.3. The maximum atomic E-state index is 6.34. The second-order valence-electron chi connectivity index (χ2n) is 7.50. The normalized spacial score (nSPS) is 18.3. The van der Waals surface area contributed by atoms with Gasteiger partial charge in [-0.3, -0.25) is 0 Å². The fourth-order valence-electron chi connectivity index (χ4n) is 2.21. The summed E-state index contributed by atoms with van der Waals surface area (Å²) in [5.41, 5.74) is 8.55. The van der Waals surface area contributed by atoms with E-state index < -0.39 is 8.32 Å². The standard InChI is InChI=1S/C17H29NO4Si/c1-11-20-10-13-15(18)14(19-5)8-12(16(13)22-11)9-21-23(6,7)17(2,3)4/h8,11H,9-10,18H2,1-7H3. The predicted molar refractivity (Wildman–Crippen MR) is 94.3 cm³/mol. The molecule has 6 heteroatoms. The second-order valence-corrected chi connectivity index (χ2v) is 12.3. The van der Waals surface area contributed by atoms with Crippen LogP contribution in [0.1, 0.15) is 38.8 Å². The zero-order valence-electron chi connectivity index (χ0n) is 15.3. The Morgan fingerprint density at radius 1 is 1.35 bits per heavy atom. The number of nitrogen functional groups attached to an aromatic ring is 1. The van der Waals surface area contributed by atoms with Crippen LogP contribution in [0.5, 0.6) is 11.5 Å². The summed E-state index contributed by atoms with van der Waals surface area (Å²) in [6.45, 7) is 13.9. The molecule has 0 spiro atoms. The molecule has 1 unspecified atom stereocenters. The van der Waals surface area contributed by atoms with Crippen molar-refractivity contribution in [1.29, 1.82) is 0 Å². The van der Waals surface area contributed by atoms with E-state index in [1.54, 1.807) is 7.11 Å². The highest BCUT2D eigenvalue weighted by Crippen LogP contribution is 2.42. The minimum absolute atomic E-state index is 0.155. The van der Waals surface area contributed by atoms with Crippen molar-refractivity contribution in [2.45, 2.75) is 65.3 Å². The largest absolute Gasteiger partial charge is 0.495 e. The van der Waals surface area contributed by atoms with Gasteiger partial charge in [-0.15, -0.1) is 0 Å². The van der Waals surface area contributed by atoms with Crippen LogP contribution < -0.4 is 15.2 Å². The summed E-state index contributed by atoms with van der Waals surface area (Å²) in [4.78, 5) is 0. The molecule has 0 bridgehead atoms. The van der Waals surface area contributed by atoms with E-state index in [1.165, 1.54) is 0 Å². The van der Waals surface area contributed by atoms with Crippen LogP contribution in [0, 0.1) is 0 Å². The fourth-order valence-corrected chi connectivity index (χ4v) is 3.16. The molecule has 1 aliphatic rings. The van der Waals surface area contributed by atoms with E-state index in [4.69, 9.17) is 24.4 Å². The number of nitrogens with two attached hydrogens (primary N) is 1. The first-order chi connectivity index (χ1) is 10.6. The zero-order chi connectivity index (χ0) is 17.4. The van der Waals surface area contributed by atoms with E-state index in [-0.39, 0.29) is 11.3 Å². The average Bonchev–Trinajstić information content (AvgIpc) is 2.45. The first kappa shape index (κ1) is 18.1. The summed E-state index contributed by atoms with van der Waals surface area (Å²) in [6, 6.07) is 1.92. The molecular weight excluding hydrogens is 310 g/mol. The van der Waals surface area contributed by atoms with E-state index in [0.717, 1.165) is 16.9 Å². The molecule has 1 atom stereocenters. The Morgan fingerprint density at radius 3 is 2.57 bits per heavy atom. The van der Waals surface area contributed by atoms with Gasteiger partial charge in [-0.05, 0) is 31.1 Å². The number of hydrogen-bond donors (Lipinski definition) is 1. The number of benzene rings is 1. The number of methoxy groups -OCH3 is 1. The molecule has 2 rings (SSSR count). The van der Waals surface area contributed by atoms with Crippen LogP contribution in [-0.4, -0.2) is 21.7 Å². The van der Waals surface area contributed by atoms with Crippen LogP contribution in [0.15, 0.2) is 6.07 Å². The van der Waals surface area contributed by atoms with E-state index in [2.05, 4.69) is 33.9 Å². The van der Waals surface area contributed by atoms with Crippen molar-refractivity contribution in [1.82, 2.24) is 0 Å². The monoisotopic (exact) mass is 339 g/mol. The van der Waals surface area contributed by atoms with Crippen molar-refractivity contribution in [3.05, 3.63) is 17.2 Å². The molecule has 0 fully saturated rings. The van der Waals surface area contributed by atoms with Crippen molar-refractivity contribution in [3.63, 3.8) is 0 Å². The summed E-state index contributed by atoms with van der Waals surface area (Å²) < 4.78 is 23.2. The molecule has 5 nitrogen and oxygen atoms in total. The maximum Gasteiger partial charge on any atom is 0.197 e. The van der Waals surface area contributed by atoms with Crippen molar-refractivity contribution in [2.75, 3.05) is 12.8 Å². The Labute approximate surface area is 140 Å². The van der Waals surface area contributed by atoms with E-state index >= 15 is 0 Å². The smallest absolute Gasteiger partial charge is 0.197 e. The molecule has 1 aliphatic heterocycles. The van der Waals surface area contributed by atoms with Crippen LogP contribution in [0.4, 0.5) is 5.69 Å². The van der Waals surface area contributed by atoms with Crippen LogP contribution in [0.2, 0.25) is 18.1 Å². The van der Waals surface area contributed by atoms with Gasteiger partial charge >= 0.3 is 0 Å². The third kappa shape index (κ3) is 3.65. The Hall–Kier alpha value is -1.24. The highest BCUT2D eigenvalue weighted by Gasteiger charge is 2.37. The lowest BCUT2D eigenvalue weighted by Crippen LogP contribution is -2.40. The number of hydrogen-bond acceptors (Lipinski definition) is 5. The average molecular weight is 340 g/mol. The van der Waals surface area contributed by atoms with Crippen molar-refractivity contribution < 1.29 is 18.6 Å². The van der Waals surface area contributed by atoms with Gasteiger partial charge in [-0.2, -0.15) is 0 Å². The highest BCUT2D eigenvalue weighted by molar-refractivity contribution is 6.74. The minimum Gasteiger partial charge on any atom is -0.495 e. The molecule has 0 saturated carbocycles. The summed E-state index contributed by atoms with van der Waals surface area (Å²) in [5.74, 6) is 1.42. The molecule has 0 saturated heterocycles. The molecule has 0 aromatic heterocycles. The summed E-state index contributed by atoms with van der Waals surface area (Å²) in [7, 11) is -0.235. The van der Waals surface area contributed by atoms with Crippen LogP contribution in [-0.2, 0) is 22.4 Å². The number of anilines is 1. The SMILES string of the molecule is COc1cc(CO[Si](C)(C)C(C)(C)C)c2c(c1N)COC(C)O2. The molecule has 1 aromatic rings. The van der Waals surface area contributed by atoms with Gasteiger partial charge in [0.2, 0.25) is 0 Å². The fraction of sp³-hybridized carbons (Fsp3) is 0.647. The molecule has 0 aliphatic carbocycles. The van der Waals surface area contributed by atoms with Crippen LogP contribution in [0.25, 0.3) is 0 Å². The topological polar surface area (TPSA) is 62.9 Å². The minimum atomic E-state index is -1.85. The lowest BCUT2D eigenvalue weighted by Gasteiger charge is -2.36. The molecule has 0 amide bonds. The van der Waals surface area contributed by atoms with Gasteiger partial charge in [0.05, 0.1) is 26.0 Å². The second kappa shape index (κ2) is 6.34. The third-order valence-electron chi connectivity index (χ3n) is 4.82. The molecule has 2 N–H and O–H groups in total. The summed E-state index contributed by atoms with van der Waals surface area (Å²) >= 11 is 0. The summed E-state index contributed by atoms with van der Waals surface area (Å²) in [5, 5.41) is 0.155. The van der Waals surface area contributed by atoms with Gasteiger partial charge in [0, 0.05) is 11.1 Å². The van der Waals surface area contributed by atoms with Gasteiger partial charge in [-0.25, -0.2) is 0 Å². The molecule has 23 heavy (non-hydrogen) atoms.